The summed E-state index contributed by atoms with van der Waals surface area (Å²) in [5.74, 6) is -15.0. The van der Waals surface area contributed by atoms with E-state index in [0.717, 1.165) is 36.4 Å². The fraction of sp³-hybridized carbons (Fsp3) is 0. The van der Waals surface area contributed by atoms with Crippen molar-refractivity contribution in [2.24, 2.45) is 17.2 Å². The molecule has 258 valence electrons. The molecule has 51 heavy (non-hydrogen) atoms. The van der Waals surface area contributed by atoms with Crippen LogP contribution in [0.2, 0.25) is 0 Å². The minimum Gasteiger partial charge on any atom is -0.478 e. The van der Waals surface area contributed by atoms with Gasteiger partial charge in [-0.1, -0.05) is 0 Å². The molecular formula is C33H21N3O15. The number of hydrogen-bond donors (Lipinski definition) is 9. The Kier molecular flexibility index (Phi) is 9.39. The molecule has 18 heteroatoms. The molecule has 0 saturated carbocycles. The van der Waals surface area contributed by atoms with Crippen LogP contribution in [-0.4, -0.2) is 84.2 Å². The number of amides is 3. The normalized spacial score (nSPS) is 10.6. The van der Waals surface area contributed by atoms with Gasteiger partial charge >= 0.3 is 35.8 Å². The number of carboxylic acid groups (broad SMARTS) is 6. The van der Waals surface area contributed by atoms with Gasteiger partial charge in [-0.05, 0) is 71.3 Å². The van der Waals surface area contributed by atoms with Crippen molar-refractivity contribution < 1.29 is 73.8 Å². The second-order valence-electron chi connectivity index (χ2n) is 10.6. The molecule has 0 aliphatic rings. The van der Waals surface area contributed by atoms with E-state index in [4.69, 9.17) is 17.2 Å². The molecule has 3 amide bonds. The highest BCUT2D eigenvalue weighted by Gasteiger charge is 2.35. The van der Waals surface area contributed by atoms with Crippen LogP contribution in [0.15, 0.2) is 54.6 Å². The van der Waals surface area contributed by atoms with Gasteiger partial charge in [0.1, 0.15) is 0 Å². The summed E-state index contributed by atoms with van der Waals surface area (Å²) in [6, 6.07) is 6.73. The number of carbonyl (C=O) groups excluding carboxylic acids is 3. The SMILES string of the molecule is NC(=O)c1c(-c2cc(C(=O)O)cc(C(=O)O)c2)c(C(N)=O)c(-c2cc(C(=O)O)cc(C(=O)O)c2)c(C(N)=O)c1-c1cc(C(=O)O)cc(C(=O)O)c1. The van der Waals surface area contributed by atoms with Crippen molar-refractivity contribution in [3.8, 4) is 33.4 Å². The standard InChI is InChI=1S/C33H21N3O15/c34-25(37)22-19(10-1-13(28(40)41)7-14(2-10)29(42)43)23(26(35)38)21(12-5-17(32(48)49)9-18(6-12)33(50)51)24(27(36)39)20(22)11-3-15(30(44)45)8-16(4-11)31(46)47/h1-9H,(H2,34,37)(H2,35,38)(H2,36,39)(H,40,41)(H,42,43)(H,44,45)(H,46,47)(H,48,49)(H,50,51). The molecule has 0 bridgehead atoms. The van der Waals surface area contributed by atoms with Gasteiger partial charge < -0.3 is 47.8 Å². The third-order valence-corrected chi connectivity index (χ3v) is 7.39. The molecule has 0 saturated heterocycles. The van der Waals surface area contributed by atoms with Crippen LogP contribution in [-0.2, 0) is 0 Å². The molecule has 12 N–H and O–H groups in total. The van der Waals surface area contributed by atoms with Crippen molar-refractivity contribution in [1.82, 2.24) is 0 Å². The van der Waals surface area contributed by atoms with Crippen molar-refractivity contribution in [1.29, 1.82) is 0 Å². The minimum atomic E-state index is -1.71. The molecule has 0 heterocycles. The molecule has 0 spiro atoms. The number of rotatable bonds is 12. The first-order valence-electron chi connectivity index (χ1n) is 13.7. The maximum atomic E-state index is 13.4. The maximum absolute atomic E-state index is 13.4. The van der Waals surface area contributed by atoms with Gasteiger partial charge in [0.05, 0.1) is 50.1 Å². The molecule has 0 fully saturated rings. The van der Waals surface area contributed by atoms with E-state index in [9.17, 15) is 73.8 Å². The Morgan fingerprint density at radius 2 is 0.471 bits per heavy atom. The maximum Gasteiger partial charge on any atom is 0.335 e. The van der Waals surface area contributed by atoms with Gasteiger partial charge in [0.15, 0.2) is 0 Å². The average Bonchev–Trinajstić information content (AvgIpc) is 3.05. The van der Waals surface area contributed by atoms with Gasteiger partial charge in [-0.2, -0.15) is 0 Å². The zero-order chi connectivity index (χ0) is 38.2. The lowest BCUT2D eigenvalue weighted by Gasteiger charge is -2.25. The van der Waals surface area contributed by atoms with Gasteiger partial charge in [-0.3, -0.25) is 14.4 Å². The first-order chi connectivity index (χ1) is 23.7. The zero-order valence-electron chi connectivity index (χ0n) is 25.3. The summed E-state index contributed by atoms with van der Waals surface area (Å²) in [5, 5.41) is 58.6. The minimum absolute atomic E-state index is 0.589. The third kappa shape index (κ3) is 6.76. The lowest BCUT2D eigenvalue weighted by Crippen LogP contribution is -2.26. The first-order valence-corrected chi connectivity index (χ1v) is 13.7. The van der Waals surface area contributed by atoms with E-state index in [0.29, 0.717) is 18.2 Å². The van der Waals surface area contributed by atoms with Crippen molar-refractivity contribution in [3.63, 3.8) is 0 Å². The number of nitrogens with two attached hydrogens (primary N) is 3. The molecule has 4 aromatic rings. The highest BCUT2D eigenvalue weighted by molar-refractivity contribution is 6.23. The van der Waals surface area contributed by atoms with Crippen molar-refractivity contribution >= 4 is 53.5 Å². The molecule has 4 aromatic carbocycles. The lowest BCUT2D eigenvalue weighted by molar-refractivity contribution is 0.0676. The smallest absolute Gasteiger partial charge is 0.335 e. The molecule has 4 rings (SSSR count). The number of aromatic carboxylic acids is 6. The fourth-order valence-electron chi connectivity index (χ4n) is 5.41. The van der Waals surface area contributed by atoms with E-state index in [1.807, 2.05) is 0 Å². The molecule has 0 radical (unpaired) electrons. The molecule has 0 aliphatic carbocycles. The lowest BCUT2D eigenvalue weighted by atomic mass is 9.77. The molecule has 0 aliphatic heterocycles. The van der Waals surface area contributed by atoms with E-state index in [-0.39, 0.29) is 0 Å². The summed E-state index contributed by atoms with van der Waals surface area (Å²) in [7, 11) is 0. The van der Waals surface area contributed by atoms with Crippen LogP contribution < -0.4 is 17.2 Å². The summed E-state index contributed by atoms with van der Waals surface area (Å²) in [6.45, 7) is 0. The molecule has 0 unspecified atom stereocenters. The first kappa shape index (κ1) is 36.0. The summed E-state index contributed by atoms with van der Waals surface area (Å²) >= 11 is 0. The van der Waals surface area contributed by atoms with E-state index in [1.165, 1.54) is 0 Å². The van der Waals surface area contributed by atoms with Crippen LogP contribution >= 0.6 is 0 Å². The topological polar surface area (TPSA) is 353 Å². The van der Waals surface area contributed by atoms with E-state index in [2.05, 4.69) is 0 Å². The predicted octanol–water partition coefficient (Wildman–Crippen LogP) is 2.17. The highest BCUT2D eigenvalue weighted by Crippen LogP contribution is 2.46. The molecule has 0 aromatic heterocycles. The second-order valence-corrected chi connectivity index (χ2v) is 10.6. The van der Waals surface area contributed by atoms with Crippen LogP contribution in [0.1, 0.15) is 93.2 Å². The zero-order valence-corrected chi connectivity index (χ0v) is 25.3. The van der Waals surface area contributed by atoms with Gasteiger partial charge in [0.2, 0.25) is 17.7 Å². The van der Waals surface area contributed by atoms with Crippen molar-refractivity contribution in [2.75, 3.05) is 0 Å². The Morgan fingerprint density at radius 1 is 0.314 bits per heavy atom. The Hall–Kier alpha value is -7.89. The predicted molar refractivity (Wildman–Crippen MR) is 170 cm³/mol. The highest BCUT2D eigenvalue weighted by atomic mass is 16.4. The van der Waals surface area contributed by atoms with Crippen LogP contribution in [0.4, 0.5) is 0 Å². The quantitative estimate of drug-likeness (QED) is 0.102. The van der Waals surface area contributed by atoms with E-state index >= 15 is 0 Å². The summed E-state index contributed by atoms with van der Waals surface area (Å²) in [6.07, 6.45) is 0. The fourth-order valence-corrected chi connectivity index (χ4v) is 5.41. The Balaban J connectivity index is 2.53. The van der Waals surface area contributed by atoms with Gasteiger partial charge in [-0.15, -0.1) is 0 Å². The van der Waals surface area contributed by atoms with Gasteiger partial charge in [-0.25, -0.2) is 28.8 Å². The monoisotopic (exact) mass is 699 g/mol. The number of benzene rings is 4. The van der Waals surface area contributed by atoms with Crippen molar-refractivity contribution in [2.45, 2.75) is 0 Å². The van der Waals surface area contributed by atoms with Gasteiger partial charge in [0, 0.05) is 16.7 Å². The molecular weight excluding hydrogens is 678 g/mol. The number of carboxylic acids is 6. The Labute approximate surface area is 282 Å². The summed E-state index contributed by atoms with van der Waals surface area (Å²) in [5.41, 5.74) is 5.88. The molecule has 0 atom stereocenters. The largest absolute Gasteiger partial charge is 0.478 e. The van der Waals surface area contributed by atoms with E-state index < -0.39 is 137 Å². The third-order valence-electron chi connectivity index (χ3n) is 7.39. The molecule has 18 nitrogen and oxygen atoms in total. The van der Waals surface area contributed by atoms with Crippen LogP contribution in [0, 0.1) is 0 Å². The van der Waals surface area contributed by atoms with Gasteiger partial charge in [0.25, 0.3) is 0 Å². The van der Waals surface area contributed by atoms with Crippen LogP contribution in [0.3, 0.4) is 0 Å². The van der Waals surface area contributed by atoms with Crippen LogP contribution in [0.25, 0.3) is 33.4 Å². The van der Waals surface area contributed by atoms with Crippen LogP contribution in [0.5, 0.6) is 0 Å². The number of carbonyl (C=O) groups is 9. The Morgan fingerprint density at radius 3 is 0.588 bits per heavy atom. The summed E-state index contributed by atoms with van der Waals surface area (Å²) < 4.78 is 0. The van der Waals surface area contributed by atoms with Crippen molar-refractivity contribution in [3.05, 3.63) is 105 Å². The summed E-state index contributed by atoms with van der Waals surface area (Å²) in [4.78, 5) is 113. The second kappa shape index (κ2) is 13.3. The number of primary amides is 3. The van der Waals surface area contributed by atoms with E-state index in [1.54, 1.807) is 0 Å². The number of hydrogen-bond acceptors (Lipinski definition) is 9. The average molecular weight is 700 g/mol. The Bertz CT molecular complexity index is 1950.